The first-order valence-electron chi connectivity index (χ1n) is 7.37. The Morgan fingerprint density at radius 2 is 2.09 bits per heavy atom. The molecule has 4 nitrogen and oxygen atoms in total. The first kappa shape index (κ1) is 15.2. The molecular formula is C18H17FN2O2. The van der Waals surface area contributed by atoms with Crippen LogP contribution in [0.25, 0.3) is 10.9 Å². The Morgan fingerprint density at radius 3 is 2.83 bits per heavy atom. The van der Waals surface area contributed by atoms with Crippen molar-refractivity contribution in [3.63, 3.8) is 0 Å². The number of aliphatic hydroxyl groups is 1. The number of fused-ring (bicyclic) bond motifs is 1. The number of hydrogen-bond acceptors (Lipinski definition) is 2. The van der Waals surface area contributed by atoms with Crippen molar-refractivity contribution in [1.29, 1.82) is 0 Å². The Hall–Kier alpha value is -2.66. The quantitative estimate of drug-likeness (QED) is 0.691. The van der Waals surface area contributed by atoms with Gasteiger partial charge in [-0.2, -0.15) is 0 Å². The molecule has 0 spiro atoms. The minimum Gasteiger partial charge on any atom is -0.396 e. The van der Waals surface area contributed by atoms with E-state index in [0.717, 1.165) is 11.1 Å². The molecule has 0 bridgehead atoms. The van der Waals surface area contributed by atoms with E-state index in [1.807, 2.05) is 25.1 Å². The van der Waals surface area contributed by atoms with Crippen LogP contribution < -0.4 is 5.32 Å². The molecule has 0 atom stereocenters. The third-order valence-electron chi connectivity index (χ3n) is 3.78. The van der Waals surface area contributed by atoms with Gasteiger partial charge >= 0.3 is 0 Å². The van der Waals surface area contributed by atoms with E-state index in [0.29, 0.717) is 28.7 Å². The lowest BCUT2D eigenvalue weighted by Gasteiger charge is -2.06. The number of amides is 1. The predicted octanol–water partition coefficient (Wildman–Crippen LogP) is 3.40. The zero-order chi connectivity index (χ0) is 16.4. The third-order valence-corrected chi connectivity index (χ3v) is 3.78. The number of H-pyrrole nitrogens is 1. The monoisotopic (exact) mass is 312 g/mol. The third kappa shape index (κ3) is 3.10. The molecule has 118 valence electrons. The highest BCUT2D eigenvalue weighted by molar-refractivity contribution is 6.06. The predicted molar refractivity (Wildman–Crippen MR) is 88.2 cm³/mol. The number of aromatic amines is 1. The number of aryl methyl sites for hydroxylation is 1. The maximum absolute atomic E-state index is 13.8. The van der Waals surface area contributed by atoms with Crippen LogP contribution in [0.4, 0.5) is 10.1 Å². The lowest BCUT2D eigenvalue weighted by molar-refractivity contribution is 0.102. The molecule has 0 radical (unpaired) electrons. The molecule has 23 heavy (non-hydrogen) atoms. The van der Waals surface area contributed by atoms with E-state index in [1.165, 1.54) is 12.1 Å². The van der Waals surface area contributed by atoms with Gasteiger partial charge in [0.05, 0.1) is 5.52 Å². The van der Waals surface area contributed by atoms with Crippen molar-refractivity contribution in [3.05, 3.63) is 65.1 Å². The Bertz CT molecular complexity index is 832. The summed E-state index contributed by atoms with van der Waals surface area (Å²) in [5.41, 5.74) is 3.39. The second kappa shape index (κ2) is 6.22. The van der Waals surface area contributed by atoms with Crippen molar-refractivity contribution in [2.45, 2.75) is 13.3 Å². The summed E-state index contributed by atoms with van der Waals surface area (Å²) in [6, 6.07) is 11.9. The van der Waals surface area contributed by atoms with Gasteiger partial charge in [-0.1, -0.05) is 18.2 Å². The second-order valence-corrected chi connectivity index (χ2v) is 5.46. The van der Waals surface area contributed by atoms with E-state index in [1.54, 1.807) is 12.1 Å². The minimum atomic E-state index is -0.356. The van der Waals surface area contributed by atoms with Crippen LogP contribution in [0.15, 0.2) is 42.5 Å². The molecule has 3 rings (SSSR count). The zero-order valence-corrected chi connectivity index (χ0v) is 12.7. The van der Waals surface area contributed by atoms with Gasteiger partial charge in [0.2, 0.25) is 0 Å². The van der Waals surface area contributed by atoms with Crippen LogP contribution in [0.3, 0.4) is 0 Å². The van der Waals surface area contributed by atoms with Crippen LogP contribution in [0.2, 0.25) is 0 Å². The summed E-state index contributed by atoms with van der Waals surface area (Å²) < 4.78 is 13.8. The fraction of sp³-hybridized carbons (Fsp3) is 0.167. The van der Waals surface area contributed by atoms with Crippen LogP contribution in [0.1, 0.15) is 21.6 Å². The highest BCUT2D eigenvalue weighted by Crippen LogP contribution is 2.23. The highest BCUT2D eigenvalue weighted by atomic mass is 19.1. The number of carbonyl (C=O) groups excluding carboxylic acids is 1. The largest absolute Gasteiger partial charge is 0.396 e. The maximum Gasteiger partial charge on any atom is 0.272 e. The molecule has 0 aliphatic heterocycles. The Balaban J connectivity index is 1.87. The second-order valence-electron chi connectivity index (χ2n) is 5.46. The van der Waals surface area contributed by atoms with E-state index < -0.39 is 0 Å². The Labute approximate surface area is 133 Å². The normalized spacial score (nSPS) is 10.9. The van der Waals surface area contributed by atoms with Crippen molar-refractivity contribution >= 4 is 22.5 Å². The van der Waals surface area contributed by atoms with E-state index in [9.17, 15) is 9.18 Å². The number of carbonyl (C=O) groups is 1. The minimum absolute atomic E-state index is 0.0535. The molecule has 0 fully saturated rings. The van der Waals surface area contributed by atoms with Gasteiger partial charge in [0.25, 0.3) is 5.91 Å². The summed E-state index contributed by atoms with van der Waals surface area (Å²) >= 11 is 0. The van der Waals surface area contributed by atoms with Crippen molar-refractivity contribution in [2.24, 2.45) is 0 Å². The van der Waals surface area contributed by atoms with Gasteiger partial charge in [-0.25, -0.2) is 4.39 Å². The number of benzene rings is 2. The number of rotatable bonds is 4. The maximum atomic E-state index is 13.8. The van der Waals surface area contributed by atoms with Crippen LogP contribution in [-0.2, 0) is 6.42 Å². The zero-order valence-electron chi connectivity index (χ0n) is 12.7. The molecule has 0 aliphatic carbocycles. The van der Waals surface area contributed by atoms with Crippen molar-refractivity contribution in [1.82, 2.24) is 4.98 Å². The summed E-state index contributed by atoms with van der Waals surface area (Å²) in [4.78, 5) is 15.3. The molecule has 0 saturated carbocycles. The molecular weight excluding hydrogens is 295 g/mol. The van der Waals surface area contributed by atoms with Crippen molar-refractivity contribution in [3.8, 4) is 0 Å². The summed E-state index contributed by atoms with van der Waals surface area (Å²) in [5.74, 6) is -0.688. The number of anilines is 1. The first-order valence-corrected chi connectivity index (χ1v) is 7.37. The number of aliphatic hydroxyl groups excluding tert-OH is 1. The van der Waals surface area contributed by atoms with Crippen molar-refractivity contribution in [2.75, 3.05) is 11.9 Å². The van der Waals surface area contributed by atoms with E-state index >= 15 is 0 Å². The lowest BCUT2D eigenvalue weighted by atomic mass is 10.1. The summed E-state index contributed by atoms with van der Waals surface area (Å²) in [6.45, 7) is 1.91. The Morgan fingerprint density at radius 1 is 1.26 bits per heavy atom. The molecule has 0 saturated heterocycles. The standard InChI is InChI=1S/C18H17FN2O2/c1-11-5-6-15(19)14-10-16(21-17(11)14)18(23)20-13-4-2-3-12(9-13)7-8-22/h2-6,9-10,21-22H,7-8H2,1H3,(H,20,23). The summed E-state index contributed by atoms with van der Waals surface area (Å²) in [5, 5.41) is 12.2. The SMILES string of the molecule is Cc1ccc(F)c2cc(C(=O)Nc3cccc(CCO)c3)[nH]c12. The van der Waals surface area contributed by atoms with Gasteiger partial charge < -0.3 is 15.4 Å². The molecule has 3 aromatic rings. The van der Waals surface area contributed by atoms with E-state index in [-0.39, 0.29) is 18.3 Å². The number of halogens is 1. The average molecular weight is 312 g/mol. The van der Waals surface area contributed by atoms with Gasteiger partial charge in [0.15, 0.2) is 0 Å². The molecule has 1 heterocycles. The summed E-state index contributed by atoms with van der Waals surface area (Å²) in [6.07, 6.45) is 0.528. The Kier molecular flexibility index (Phi) is 4.12. The first-order chi connectivity index (χ1) is 11.1. The van der Waals surface area contributed by atoms with Crippen LogP contribution in [0, 0.1) is 12.7 Å². The molecule has 0 unspecified atom stereocenters. The molecule has 0 aliphatic rings. The van der Waals surface area contributed by atoms with Gasteiger partial charge in [-0.15, -0.1) is 0 Å². The van der Waals surface area contributed by atoms with Crippen LogP contribution in [0.5, 0.6) is 0 Å². The van der Waals surface area contributed by atoms with Gasteiger partial charge in [0.1, 0.15) is 11.5 Å². The molecule has 1 amide bonds. The van der Waals surface area contributed by atoms with Gasteiger partial charge in [-0.05, 0) is 48.7 Å². The fourth-order valence-electron chi connectivity index (χ4n) is 2.58. The van der Waals surface area contributed by atoms with Crippen molar-refractivity contribution < 1.29 is 14.3 Å². The highest BCUT2D eigenvalue weighted by Gasteiger charge is 2.13. The van der Waals surface area contributed by atoms with Gasteiger partial charge in [-0.3, -0.25) is 4.79 Å². The number of aromatic nitrogens is 1. The summed E-state index contributed by atoms with van der Waals surface area (Å²) in [7, 11) is 0. The topological polar surface area (TPSA) is 65.1 Å². The molecule has 2 aromatic carbocycles. The fourth-order valence-corrected chi connectivity index (χ4v) is 2.58. The average Bonchev–Trinajstić information content (AvgIpc) is 2.98. The number of nitrogens with one attached hydrogen (secondary N) is 2. The van der Waals surface area contributed by atoms with Gasteiger partial charge in [0, 0.05) is 17.7 Å². The molecule has 5 heteroatoms. The lowest BCUT2D eigenvalue weighted by Crippen LogP contribution is -2.12. The smallest absolute Gasteiger partial charge is 0.272 e. The number of hydrogen-bond donors (Lipinski definition) is 3. The van der Waals surface area contributed by atoms with Crippen LogP contribution >= 0.6 is 0 Å². The van der Waals surface area contributed by atoms with E-state index in [2.05, 4.69) is 10.3 Å². The molecule has 1 aromatic heterocycles. The van der Waals surface area contributed by atoms with E-state index in [4.69, 9.17) is 5.11 Å². The van der Waals surface area contributed by atoms with Crippen LogP contribution in [-0.4, -0.2) is 22.6 Å². The molecule has 3 N–H and O–H groups in total.